The summed E-state index contributed by atoms with van der Waals surface area (Å²) in [6.45, 7) is 0.437. The fourth-order valence-electron chi connectivity index (χ4n) is 1.50. The molecule has 0 radical (unpaired) electrons. The molecule has 2 aromatic rings. The van der Waals surface area contributed by atoms with Gasteiger partial charge in [0.15, 0.2) is 5.76 Å². The number of hydrogen-bond donors (Lipinski definition) is 1. The maximum absolute atomic E-state index is 13.5. The van der Waals surface area contributed by atoms with Crippen molar-refractivity contribution in [1.82, 2.24) is 10.5 Å². The van der Waals surface area contributed by atoms with Crippen LogP contribution in [-0.2, 0) is 6.54 Å². The SMILES string of the molecule is CNCc1cnoc1-c1c(F)cccc1F. The van der Waals surface area contributed by atoms with E-state index in [0.717, 1.165) is 0 Å². The van der Waals surface area contributed by atoms with Crippen molar-refractivity contribution < 1.29 is 13.3 Å². The standard InChI is InChI=1S/C11H10F2N2O/c1-14-5-7-6-15-16-11(7)10-8(12)3-2-4-9(10)13/h2-4,6,14H,5H2,1H3. The molecule has 0 atom stereocenters. The van der Waals surface area contributed by atoms with Crippen molar-refractivity contribution in [2.45, 2.75) is 6.54 Å². The predicted octanol–water partition coefficient (Wildman–Crippen LogP) is 2.34. The van der Waals surface area contributed by atoms with Crippen LogP contribution in [0.1, 0.15) is 5.56 Å². The van der Waals surface area contributed by atoms with Crippen LogP contribution in [0, 0.1) is 11.6 Å². The van der Waals surface area contributed by atoms with Gasteiger partial charge in [-0.05, 0) is 19.2 Å². The van der Waals surface area contributed by atoms with Gasteiger partial charge in [0.2, 0.25) is 0 Å². The Bertz CT molecular complexity index is 476. The van der Waals surface area contributed by atoms with Gasteiger partial charge in [0.05, 0.1) is 11.8 Å². The van der Waals surface area contributed by atoms with Gasteiger partial charge in [-0.2, -0.15) is 0 Å². The van der Waals surface area contributed by atoms with Crippen molar-refractivity contribution >= 4 is 0 Å². The fraction of sp³-hybridized carbons (Fsp3) is 0.182. The van der Waals surface area contributed by atoms with Crippen LogP contribution in [0.15, 0.2) is 28.9 Å². The first-order valence-corrected chi connectivity index (χ1v) is 4.76. The molecule has 1 heterocycles. The summed E-state index contributed by atoms with van der Waals surface area (Å²) in [6, 6.07) is 3.68. The molecule has 1 aromatic heterocycles. The zero-order chi connectivity index (χ0) is 11.5. The third-order valence-corrected chi connectivity index (χ3v) is 2.20. The van der Waals surface area contributed by atoms with Gasteiger partial charge in [0, 0.05) is 12.1 Å². The van der Waals surface area contributed by atoms with Gasteiger partial charge in [-0.3, -0.25) is 0 Å². The Kier molecular flexibility index (Phi) is 2.96. The first kappa shape index (κ1) is 10.8. The molecule has 0 amide bonds. The topological polar surface area (TPSA) is 38.1 Å². The Morgan fingerprint density at radius 1 is 1.31 bits per heavy atom. The van der Waals surface area contributed by atoms with Crippen LogP contribution >= 0.6 is 0 Å². The first-order valence-electron chi connectivity index (χ1n) is 4.76. The van der Waals surface area contributed by atoms with E-state index < -0.39 is 11.6 Å². The van der Waals surface area contributed by atoms with E-state index in [1.165, 1.54) is 24.4 Å². The fourth-order valence-corrected chi connectivity index (χ4v) is 1.50. The van der Waals surface area contributed by atoms with Gasteiger partial charge in [0.1, 0.15) is 11.6 Å². The first-order chi connectivity index (χ1) is 7.74. The van der Waals surface area contributed by atoms with Crippen molar-refractivity contribution in [3.8, 4) is 11.3 Å². The summed E-state index contributed by atoms with van der Waals surface area (Å²) in [7, 11) is 1.73. The second kappa shape index (κ2) is 4.40. The van der Waals surface area contributed by atoms with Crippen molar-refractivity contribution in [3.05, 3.63) is 41.6 Å². The van der Waals surface area contributed by atoms with Crippen molar-refractivity contribution in [2.75, 3.05) is 7.05 Å². The molecular weight excluding hydrogens is 214 g/mol. The average molecular weight is 224 g/mol. The van der Waals surface area contributed by atoms with Crippen molar-refractivity contribution in [1.29, 1.82) is 0 Å². The van der Waals surface area contributed by atoms with Gasteiger partial charge >= 0.3 is 0 Å². The molecule has 5 heteroatoms. The van der Waals surface area contributed by atoms with Gasteiger partial charge in [-0.25, -0.2) is 8.78 Å². The average Bonchev–Trinajstić information content (AvgIpc) is 2.67. The van der Waals surface area contributed by atoms with Crippen LogP contribution in [0.3, 0.4) is 0 Å². The molecule has 0 aliphatic carbocycles. The van der Waals surface area contributed by atoms with E-state index in [9.17, 15) is 8.78 Å². The second-order valence-corrected chi connectivity index (χ2v) is 3.31. The number of benzene rings is 1. The molecule has 0 spiro atoms. The summed E-state index contributed by atoms with van der Waals surface area (Å²) in [5.74, 6) is -1.19. The van der Waals surface area contributed by atoms with E-state index in [1.54, 1.807) is 7.05 Å². The normalized spacial score (nSPS) is 10.7. The molecule has 2 rings (SSSR count). The maximum atomic E-state index is 13.5. The monoisotopic (exact) mass is 224 g/mol. The molecule has 0 saturated heterocycles. The molecule has 0 aliphatic heterocycles. The number of halogens is 2. The molecule has 3 nitrogen and oxygen atoms in total. The summed E-state index contributed by atoms with van der Waals surface area (Å²) in [5.41, 5.74) is 0.441. The van der Waals surface area contributed by atoms with Crippen LogP contribution in [-0.4, -0.2) is 12.2 Å². The van der Waals surface area contributed by atoms with E-state index in [0.29, 0.717) is 12.1 Å². The molecule has 16 heavy (non-hydrogen) atoms. The lowest BCUT2D eigenvalue weighted by Gasteiger charge is -2.03. The highest BCUT2D eigenvalue weighted by Crippen LogP contribution is 2.28. The molecule has 84 valence electrons. The summed E-state index contributed by atoms with van der Waals surface area (Å²) in [6.07, 6.45) is 1.44. The molecular formula is C11H10F2N2O. The Hall–Kier alpha value is -1.75. The van der Waals surface area contributed by atoms with Crippen molar-refractivity contribution in [2.24, 2.45) is 0 Å². The minimum absolute atomic E-state index is 0.130. The van der Waals surface area contributed by atoms with E-state index in [4.69, 9.17) is 4.52 Å². The molecule has 1 aromatic carbocycles. The van der Waals surface area contributed by atoms with Crippen LogP contribution in [0.2, 0.25) is 0 Å². The third-order valence-electron chi connectivity index (χ3n) is 2.20. The Labute approximate surface area is 91.1 Å². The Balaban J connectivity index is 2.54. The van der Waals surface area contributed by atoms with Gasteiger partial charge < -0.3 is 9.84 Å². The van der Waals surface area contributed by atoms with E-state index in [1.807, 2.05) is 0 Å². The molecule has 1 N–H and O–H groups in total. The molecule has 0 saturated carbocycles. The van der Waals surface area contributed by atoms with Crippen LogP contribution in [0.25, 0.3) is 11.3 Å². The number of nitrogens with zero attached hydrogens (tertiary/aromatic N) is 1. The summed E-state index contributed by atoms with van der Waals surface area (Å²) >= 11 is 0. The van der Waals surface area contributed by atoms with E-state index >= 15 is 0 Å². The largest absolute Gasteiger partial charge is 0.356 e. The van der Waals surface area contributed by atoms with Crippen LogP contribution in [0.5, 0.6) is 0 Å². The molecule has 0 fully saturated rings. The lowest BCUT2D eigenvalue weighted by atomic mass is 10.1. The van der Waals surface area contributed by atoms with E-state index in [-0.39, 0.29) is 11.3 Å². The third kappa shape index (κ3) is 1.81. The zero-order valence-electron chi connectivity index (χ0n) is 8.63. The highest BCUT2D eigenvalue weighted by molar-refractivity contribution is 5.62. The number of aromatic nitrogens is 1. The van der Waals surface area contributed by atoms with Gasteiger partial charge in [0.25, 0.3) is 0 Å². The lowest BCUT2D eigenvalue weighted by molar-refractivity contribution is 0.425. The number of rotatable bonds is 3. The zero-order valence-corrected chi connectivity index (χ0v) is 8.63. The lowest BCUT2D eigenvalue weighted by Crippen LogP contribution is -2.05. The Morgan fingerprint density at radius 3 is 2.62 bits per heavy atom. The number of nitrogens with one attached hydrogen (secondary N) is 1. The molecule has 0 aliphatic rings. The van der Waals surface area contributed by atoms with Crippen molar-refractivity contribution in [3.63, 3.8) is 0 Å². The van der Waals surface area contributed by atoms with Crippen LogP contribution in [0.4, 0.5) is 8.78 Å². The van der Waals surface area contributed by atoms with Crippen LogP contribution < -0.4 is 5.32 Å². The van der Waals surface area contributed by atoms with E-state index in [2.05, 4.69) is 10.5 Å². The maximum Gasteiger partial charge on any atom is 0.177 e. The minimum Gasteiger partial charge on any atom is -0.356 e. The van der Waals surface area contributed by atoms with Gasteiger partial charge in [-0.15, -0.1) is 0 Å². The second-order valence-electron chi connectivity index (χ2n) is 3.31. The minimum atomic E-state index is -0.658. The Morgan fingerprint density at radius 2 is 2.00 bits per heavy atom. The smallest absolute Gasteiger partial charge is 0.177 e. The quantitative estimate of drug-likeness (QED) is 0.869. The predicted molar refractivity (Wildman–Crippen MR) is 54.6 cm³/mol. The number of hydrogen-bond acceptors (Lipinski definition) is 3. The van der Waals surface area contributed by atoms with Gasteiger partial charge in [-0.1, -0.05) is 11.2 Å². The summed E-state index contributed by atoms with van der Waals surface area (Å²) < 4.78 is 31.9. The molecule has 0 unspecified atom stereocenters. The highest BCUT2D eigenvalue weighted by Gasteiger charge is 2.18. The molecule has 0 bridgehead atoms. The summed E-state index contributed by atoms with van der Waals surface area (Å²) in [5, 5.41) is 6.43. The summed E-state index contributed by atoms with van der Waals surface area (Å²) in [4.78, 5) is 0. The highest BCUT2D eigenvalue weighted by atomic mass is 19.1.